The third-order valence-corrected chi connectivity index (χ3v) is 4.58. The highest BCUT2D eigenvalue weighted by atomic mass is 32.2. The lowest BCUT2D eigenvalue weighted by molar-refractivity contribution is -0.137. The number of nitrogens with zero attached hydrogens (tertiary/aromatic N) is 1. The van der Waals surface area contributed by atoms with Crippen LogP contribution in [0.15, 0.2) is 29.2 Å². The van der Waals surface area contributed by atoms with Crippen LogP contribution in [0, 0.1) is 0 Å². The predicted molar refractivity (Wildman–Crippen MR) is 69.4 cm³/mol. The summed E-state index contributed by atoms with van der Waals surface area (Å²) in [6.45, 7) is 1.39. The first-order valence-corrected chi connectivity index (χ1v) is 6.92. The number of nitrogens with one attached hydrogen (secondary N) is 1. The van der Waals surface area contributed by atoms with E-state index in [0.29, 0.717) is 13.1 Å². The van der Waals surface area contributed by atoms with E-state index in [2.05, 4.69) is 17.4 Å². The van der Waals surface area contributed by atoms with Crippen LogP contribution in [0.5, 0.6) is 0 Å². The van der Waals surface area contributed by atoms with Gasteiger partial charge in [-0.1, -0.05) is 18.2 Å². The normalized spacial score (nSPS) is 22.6. The number of hydrogen-bond donors (Lipinski definition) is 1. The van der Waals surface area contributed by atoms with Crippen LogP contribution in [0.3, 0.4) is 0 Å². The van der Waals surface area contributed by atoms with Crippen LogP contribution in [0.1, 0.15) is 5.56 Å². The van der Waals surface area contributed by atoms with Crippen molar-refractivity contribution in [1.29, 1.82) is 0 Å². The van der Waals surface area contributed by atoms with E-state index in [-0.39, 0.29) is 23.6 Å². The lowest BCUT2D eigenvalue weighted by Gasteiger charge is -2.28. The minimum atomic E-state index is -0.0618. The molecule has 18 heavy (non-hydrogen) atoms. The quantitative estimate of drug-likeness (QED) is 0.809. The fourth-order valence-electron chi connectivity index (χ4n) is 2.35. The van der Waals surface area contributed by atoms with Gasteiger partial charge >= 0.3 is 0 Å². The summed E-state index contributed by atoms with van der Waals surface area (Å²) < 4.78 is 0. The Hall–Kier alpha value is -1.49. The number of thioether (sulfide) groups is 1. The van der Waals surface area contributed by atoms with Gasteiger partial charge in [0, 0.05) is 18.0 Å². The molecule has 1 saturated heterocycles. The van der Waals surface area contributed by atoms with Crippen molar-refractivity contribution in [3.05, 3.63) is 29.8 Å². The molecule has 5 heteroatoms. The number of carbonyl (C=O) groups is 2. The van der Waals surface area contributed by atoms with Crippen molar-refractivity contribution in [2.24, 2.45) is 0 Å². The third-order valence-electron chi connectivity index (χ3n) is 3.27. The SMILES string of the molecule is O=C1CN(C(=O)C2Cc3ccccc3S2)CCN1. The Balaban J connectivity index is 1.70. The lowest BCUT2D eigenvalue weighted by atomic mass is 10.1. The molecule has 0 radical (unpaired) electrons. The second kappa shape index (κ2) is 4.65. The van der Waals surface area contributed by atoms with E-state index in [1.165, 1.54) is 10.5 Å². The summed E-state index contributed by atoms with van der Waals surface area (Å²) in [6.07, 6.45) is 0.776. The Morgan fingerprint density at radius 1 is 1.39 bits per heavy atom. The first kappa shape index (κ1) is 11.6. The number of carbonyl (C=O) groups excluding carboxylic acids is 2. The molecule has 3 rings (SSSR count). The van der Waals surface area contributed by atoms with Gasteiger partial charge < -0.3 is 10.2 Å². The van der Waals surface area contributed by atoms with E-state index in [9.17, 15) is 9.59 Å². The van der Waals surface area contributed by atoms with E-state index in [1.807, 2.05) is 12.1 Å². The van der Waals surface area contributed by atoms with Gasteiger partial charge in [0.2, 0.25) is 11.8 Å². The number of fused-ring (bicyclic) bond motifs is 1. The highest BCUT2D eigenvalue weighted by Crippen LogP contribution is 2.37. The highest BCUT2D eigenvalue weighted by molar-refractivity contribution is 8.01. The largest absolute Gasteiger partial charge is 0.353 e. The van der Waals surface area contributed by atoms with E-state index < -0.39 is 0 Å². The maximum absolute atomic E-state index is 12.3. The fraction of sp³-hybridized carbons (Fsp3) is 0.385. The average molecular weight is 262 g/mol. The smallest absolute Gasteiger partial charge is 0.239 e. The van der Waals surface area contributed by atoms with Crippen molar-refractivity contribution in [2.75, 3.05) is 19.6 Å². The lowest BCUT2D eigenvalue weighted by Crippen LogP contribution is -2.52. The zero-order valence-electron chi connectivity index (χ0n) is 9.89. The molecule has 1 unspecified atom stereocenters. The fourth-order valence-corrected chi connectivity index (χ4v) is 3.63. The summed E-state index contributed by atoms with van der Waals surface area (Å²) in [7, 11) is 0. The second-order valence-corrected chi connectivity index (χ2v) is 5.77. The molecule has 1 aromatic carbocycles. The molecule has 1 N–H and O–H groups in total. The summed E-state index contributed by atoms with van der Waals surface area (Å²) in [5, 5.41) is 2.67. The summed E-state index contributed by atoms with van der Waals surface area (Å²) in [6, 6.07) is 8.11. The molecule has 4 nitrogen and oxygen atoms in total. The van der Waals surface area contributed by atoms with Crippen LogP contribution in [0.4, 0.5) is 0 Å². The molecular formula is C13H14N2O2S. The summed E-state index contributed by atoms with van der Waals surface area (Å²) in [5.74, 6) is 0.0289. The average Bonchev–Trinajstić information content (AvgIpc) is 2.81. The van der Waals surface area contributed by atoms with Crippen molar-refractivity contribution in [3.63, 3.8) is 0 Å². The van der Waals surface area contributed by atoms with Crippen molar-refractivity contribution >= 4 is 23.6 Å². The zero-order valence-corrected chi connectivity index (χ0v) is 10.7. The van der Waals surface area contributed by atoms with Gasteiger partial charge in [0.25, 0.3) is 0 Å². The molecule has 0 spiro atoms. The molecule has 1 fully saturated rings. The Morgan fingerprint density at radius 2 is 2.22 bits per heavy atom. The minimum Gasteiger partial charge on any atom is -0.353 e. The standard InChI is InChI=1S/C13H14N2O2S/c16-12-8-15(6-5-14-12)13(17)11-7-9-3-1-2-4-10(9)18-11/h1-4,11H,5-8H2,(H,14,16). The van der Waals surface area contributed by atoms with Crippen LogP contribution in [0.25, 0.3) is 0 Å². The number of benzene rings is 1. The van der Waals surface area contributed by atoms with Crippen LogP contribution >= 0.6 is 11.8 Å². The van der Waals surface area contributed by atoms with Crippen molar-refractivity contribution in [1.82, 2.24) is 10.2 Å². The van der Waals surface area contributed by atoms with Gasteiger partial charge in [-0.2, -0.15) is 0 Å². The molecule has 0 aliphatic carbocycles. The van der Waals surface area contributed by atoms with Gasteiger partial charge in [-0.15, -0.1) is 11.8 Å². The molecule has 2 amide bonds. The van der Waals surface area contributed by atoms with Crippen LogP contribution in [-0.4, -0.2) is 41.6 Å². The van der Waals surface area contributed by atoms with Crippen LogP contribution < -0.4 is 5.32 Å². The predicted octanol–water partition coefficient (Wildman–Crippen LogP) is 0.662. The van der Waals surface area contributed by atoms with Gasteiger partial charge in [0.1, 0.15) is 0 Å². The monoisotopic (exact) mass is 262 g/mol. The molecule has 1 aromatic rings. The summed E-state index contributed by atoms with van der Waals surface area (Å²) >= 11 is 1.62. The molecule has 2 aliphatic heterocycles. The van der Waals surface area contributed by atoms with Gasteiger partial charge in [-0.3, -0.25) is 9.59 Å². The molecule has 94 valence electrons. The van der Waals surface area contributed by atoms with E-state index >= 15 is 0 Å². The Morgan fingerprint density at radius 3 is 3.00 bits per heavy atom. The molecule has 0 saturated carbocycles. The van der Waals surface area contributed by atoms with Gasteiger partial charge in [0.15, 0.2) is 0 Å². The van der Waals surface area contributed by atoms with Crippen molar-refractivity contribution < 1.29 is 9.59 Å². The molecule has 0 bridgehead atoms. The van der Waals surface area contributed by atoms with Crippen molar-refractivity contribution in [2.45, 2.75) is 16.6 Å². The maximum atomic E-state index is 12.3. The Bertz CT molecular complexity index is 479. The first-order valence-electron chi connectivity index (χ1n) is 6.04. The minimum absolute atomic E-state index is 0.0601. The second-order valence-electron chi connectivity index (χ2n) is 4.53. The molecule has 2 aliphatic rings. The molecule has 2 heterocycles. The van der Waals surface area contributed by atoms with Crippen LogP contribution in [-0.2, 0) is 16.0 Å². The van der Waals surface area contributed by atoms with Gasteiger partial charge in [-0.25, -0.2) is 0 Å². The Kier molecular flexibility index (Phi) is 2.99. The first-order chi connectivity index (χ1) is 8.74. The van der Waals surface area contributed by atoms with E-state index in [0.717, 1.165) is 6.42 Å². The molecule has 0 aromatic heterocycles. The number of amides is 2. The molecular weight excluding hydrogens is 248 g/mol. The van der Waals surface area contributed by atoms with Crippen molar-refractivity contribution in [3.8, 4) is 0 Å². The summed E-state index contributed by atoms with van der Waals surface area (Å²) in [5.41, 5.74) is 1.24. The maximum Gasteiger partial charge on any atom is 0.239 e. The zero-order chi connectivity index (χ0) is 12.5. The van der Waals surface area contributed by atoms with E-state index in [4.69, 9.17) is 0 Å². The van der Waals surface area contributed by atoms with Gasteiger partial charge in [0.05, 0.1) is 11.8 Å². The topological polar surface area (TPSA) is 49.4 Å². The number of rotatable bonds is 1. The van der Waals surface area contributed by atoms with E-state index in [1.54, 1.807) is 16.7 Å². The number of piperazine rings is 1. The Labute approximate surface area is 110 Å². The number of hydrogen-bond acceptors (Lipinski definition) is 3. The highest BCUT2D eigenvalue weighted by Gasteiger charge is 2.32. The molecule has 1 atom stereocenters. The third kappa shape index (κ3) is 2.10. The van der Waals surface area contributed by atoms with Gasteiger partial charge in [-0.05, 0) is 18.1 Å². The van der Waals surface area contributed by atoms with Crippen LogP contribution in [0.2, 0.25) is 0 Å². The summed E-state index contributed by atoms with van der Waals surface area (Å²) in [4.78, 5) is 26.5.